The third-order valence-corrected chi connectivity index (χ3v) is 3.05. The van der Waals surface area contributed by atoms with Crippen molar-refractivity contribution < 1.29 is 4.39 Å². The van der Waals surface area contributed by atoms with Crippen LogP contribution in [0.5, 0.6) is 0 Å². The first-order chi connectivity index (χ1) is 8.33. The molecule has 5 nitrogen and oxygen atoms in total. The monoisotopic (exact) mass is 247 g/mol. The lowest BCUT2D eigenvalue weighted by molar-refractivity contribution is 0.585. The fourth-order valence-corrected chi connectivity index (χ4v) is 2.19. The van der Waals surface area contributed by atoms with E-state index in [1.807, 2.05) is 0 Å². The van der Waals surface area contributed by atoms with E-state index < -0.39 is 5.95 Å². The van der Waals surface area contributed by atoms with Gasteiger partial charge in [0, 0.05) is 23.8 Å². The Morgan fingerprint density at radius 3 is 2.94 bits per heavy atom. The van der Waals surface area contributed by atoms with Gasteiger partial charge < -0.3 is 4.98 Å². The van der Waals surface area contributed by atoms with Crippen LogP contribution in [0.25, 0.3) is 10.9 Å². The Bertz CT molecular complexity index is 655. The Balaban J connectivity index is 2.12. The van der Waals surface area contributed by atoms with Crippen molar-refractivity contribution in [3.63, 3.8) is 0 Å². The molecule has 0 saturated heterocycles. The van der Waals surface area contributed by atoms with E-state index in [-0.39, 0.29) is 0 Å². The largest absolute Gasteiger partial charge is 0.339 e. The SMILES string of the molecule is Fc1cc2c(Sc3ncc[nH]3)ncnc2cn1. The van der Waals surface area contributed by atoms with Crippen molar-refractivity contribution in [2.45, 2.75) is 10.2 Å². The van der Waals surface area contributed by atoms with Crippen LogP contribution in [0.15, 0.2) is 41.2 Å². The Labute approximate surface area is 99.5 Å². The third-order valence-electron chi connectivity index (χ3n) is 2.12. The van der Waals surface area contributed by atoms with Crippen LogP contribution in [0, 0.1) is 5.95 Å². The summed E-state index contributed by atoms with van der Waals surface area (Å²) >= 11 is 1.32. The smallest absolute Gasteiger partial charge is 0.213 e. The molecule has 0 bridgehead atoms. The van der Waals surface area contributed by atoms with Gasteiger partial charge in [0.05, 0.1) is 11.7 Å². The van der Waals surface area contributed by atoms with E-state index in [4.69, 9.17) is 0 Å². The molecule has 84 valence electrons. The molecule has 7 heteroatoms. The van der Waals surface area contributed by atoms with E-state index in [1.54, 1.807) is 12.4 Å². The molecule has 1 N–H and O–H groups in total. The van der Waals surface area contributed by atoms with Gasteiger partial charge in [0.15, 0.2) is 5.16 Å². The topological polar surface area (TPSA) is 67.3 Å². The third kappa shape index (κ3) is 1.96. The summed E-state index contributed by atoms with van der Waals surface area (Å²) in [6.45, 7) is 0. The lowest BCUT2D eigenvalue weighted by atomic mass is 10.3. The Hall–Kier alpha value is -2.02. The molecule has 3 rings (SSSR count). The highest BCUT2D eigenvalue weighted by Gasteiger charge is 2.08. The van der Waals surface area contributed by atoms with E-state index in [0.29, 0.717) is 21.1 Å². The van der Waals surface area contributed by atoms with Gasteiger partial charge in [0.25, 0.3) is 0 Å². The first-order valence-electron chi connectivity index (χ1n) is 4.76. The second kappa shape index (κ2) is 4.10. The molecule has 3 aromatic heterocycles. The van der Waals surface area contributed by atoms with E-state index in [2.05, 4.69) is 24.9 Å². The standard InChI is InChI=1S/C10H6FN5S/c11-8-3-6-7(4-14-8)15-5-16-9(6)17-10-12-1-2-13-10/h1-5H,(H,12,13). The molecule has 0 radical (unpaired) electrons. The summed E-state index contributed by atoms with van der Waals surface area (Å²) in [5.74, 6) is -0.548. The highest BCUT2D eigenvalue weighted by atomic mass is 32.2. The lowest BCUT2D eigenvalue weighted by Gasteiger charge is -2.01. The van der Waals surface area contributed by atoms with Crippen LogP contribution < -0.4 is 0 Å². The Morgan fingerprint density at radius 2 is 2.12 bits per heavy atom. The average Bonchev–Trinajstić information content (AvgIpc) is 2.83. The van der Waals surface area contributed by atoms with Gasteiger partial charge >= 0.3 is 0 Å². The number of aromatic nitrogens is 5. The quantitative estimate of drug-likeness (QED) is 0.554. The lowest BCUT2D eigenvalue weighted by Crippen LogP contribution is -1.90. The average molecular weight is 247 g/mol. The number of rotatable bonds is 2. The minimum absolute atomic E-state index is 0.548. The zero-order chi connectivity index (χ0) is 11.7. The van der Waals surface area contributed by atoms with Gasteiger partial charge in [-0.05, 0) is 11.8 Å². The molecule has 0 amide bonds. The number of H-pyrrole nitrogens is 1. The number of imidazole rings is 1. The fourth-order valence-electron chi connectivity index (χ4n) is 1.39. The van der Waals surface area contributed by atoms with Crippen LogP contribution in [0.4, 0.5) is 4.39 Å². The molecule has 0 unspecified atom stereocenters. The van der Waals surface area contributed by atoms with Crippen LogP contribution >= 0.6 is 11.8 Å². The zero-order valence-corrected chi connectivity index (χ0v) is 9.28. The molecule has 0 aliphatic rings. The Morgan fingerprint density at radius 1 is 1.18 bits per heavy atom. The van der Waals surface area contributed by atoms with E-state index >= 15 is 0 Å². The maximum atomic E-state index is 13.1. The molecule has 0 spiro atoms. The molecule has 0 saturated carbocycles. The molecule has 3 heterocycles. The molecular formula is C10H6FN5S. The maximum absolute atomic E-state index is 13.1. The van der Waals surface area contributed by atoms with Gasteiger partial charge in [0.2, 0.25) is 5.95 Å². The number of hydrogen-bond donors (Lipinski definition) is 1. The number of nitrogens with one attached hydrogen (secondary N) is 1. The van der Waals surface area contributed by atoms with Gasteiger partial charge in [-0.1, -0.05) is 0 Å². The highest BCUT2D eigenvalue weighted by molar-refractivity contribution is 7.99. The molecule has 0 fully saturated rings. The summed E-state index contributed by atoms with van der Waals surface area (Å²) in [5.41, 5.74) is 0.607. The predicted molar refractivity (Wildman–Crippen MR) is 60.0 cm³/mol. The summed E-state index contributed by atoms with van der Waals surface area (Å²) in [4.78, 5) is 18.7. The zero-order valence-electron chi connectivity index (χ0n) is 8.46. The highest BCUT2D eigenvalue weighted by Crippen LogP contribution is 2.28. The molecular weight excluding hydrogens is 241 g/mol. The number of halogens is 1. The van der Waals surface area contributed by atoms with Crippen molar-refractivity contribution in [1.82, 2.24) is 24.9 Å². The summed E-state index contributed by atoms with van der Waals surface area (Å²) in [6.07, 6.45) is 6.17. The predicted octanol–water partition coefficient (Wildman–Crippen LogP) is 2.04. The first kappa shape index (κ1) is 10.2. The summed E-state index contributed by atoms with van der Waals surface area (Å²) in [5, 5.41) is 1.97. The minimum atomic E-state index is -0.548. The van der Waals surface area contributed by atoms with Crippen LogP contribution in [0.2, 0.25) is 0 Å². The summed E-state index contributed by atoms with van der Waals surface area (Å²) < 4.78 is 13.1. The van der Waals surface area contributed by atoms with Gasteiger partial charge in [-0.3, -0.25) is 0 Å². The number of hydrogen-bond acceptors (Lipinski definition) is 5. The van der Waals surface area contributed by atoms with Crippen molar-refractivity contribution in [2.75, 3.05) is 0 Å². The van der Waals surface area contributed by atoms with E-state index in [1.165, 1.54) is 30.4 Å². The van der Waals surface area contributed by atoms with Crippen molar-refractivity contribution in [2.24, 2.45) is 0 Å². The van der Waals surface area contributed by atoms with Crippen molar-refractivity contribution in [3.05, 3.63) is 36.9 Å². The summed E-state index contributed by atoms with van der Waals surface area (Å²) in [7, 11) is 0. The summed E-state index contributed by atoms with van der Waals surface area (Å²) in [6, 6.07) is 1.32. The van der Waals surface area contributed by atoms with Gasteiger partial charge in [-0.2, -0.15) is 4.39 Å². The van der Waals surface area contributed by atoms with Crippen molar-refractivity contribution in [1.29, 1.82) is 0 Å². The van der Waals surface area contributed by atoms with Crippen molar-refractivity contribution >= 4 is 22.7 Å². The maximum Gasteiger partial charge on any atom is 0.213 e. The molecule has 0 aromatic carbocycles. The van der Waals surface area contributed by atoms with Gasteiger partial charge in [-0.15, -0.1) is 0 Å². The van der Waals surface area contributed by atoms with Crippen LogP contribution in [-0.4, -0.2) is 24.9 Å². The van der Waals surface area contributed by atoms with Gasteiger partial charge in [-0.25, -0.2) is 19.9 Å². The number of pyridine rings is 1. The second-order valence-electron chi connectivity index (χ2n) is 3.20. The molecule has 3 aromatic rings. The van der Waals surface area contributed by atoms with Crippen molar-refractivity contribution in [3.8, 4) is 0 Å². The van der Waals surface area contributed by atoms with Crippen LogP contribution in [-0.2, 0) is 0 Å². The van der Waals surface area contributed by atoms with Crippen LogP contribution in [0.1, 0.15) is 0 Å². The van der Waals surface area contributed by atoms with Crippen LogP contribution in [0.3, 0.4) is 0 Å². The number of fused-ring (bicyclic) bond motifs is 1. The molecule has 0 atom stereocenters. The normalized spacial score (nSPS) is 10.9. The number of nitrogens with zero attached hydrogens (tertiary/aromatic N) is 4. The second-order valence-corrected chi connectivity index (χ2v) is 4.18. The van der Waals surface area contributed by atoms with E-state index in [9.17, 15) is 4.39 Å². The molecule has 17 heavy (non-hydrogen) atoms. The molecule has 0 aliphatic heterocycles. The number of aromatic amines is 1. The Kier molecular flexibility index (Phi) is 2.45. The minimum Gasteiger partial charge on any atom is -0.339 e. The first-order valence-corrected chi connectivity index (χ1v) is 5.58. The molecule has 0 aliphatic carbocycles. The van der Waals surface area contributed by atoms with Gasteiger partial charge in [0.1, 0.15) is 11.4 Å². The van der Waals surface area contributed by atoms with E-state index in [0.717, 1.165) is 0 Å². The fraction of sp³-hybridized carbons (Fsp3) is 0.